The van der Waals surface area contributed by atoms with Crippen LogP contribution in [0.3, 0.4) is 0 Å². The number of urea groups is 1. The molecule has 1 aromatic heterocycles. The van der Waals surface area contributed by atoms with Gasteiger partial charge in [0.2, 0.25) is 0 Å². The molecule has 1 N–H and O–H groups in total. The van der Waals surface area contributed by atoms with E-state index in [0.29, 0.717) is 5.82 Å². The summed E-state index contributed by atoms with van der Waals surface area (Å²) < 4.78 is 1.66. The Hall–Kier alpha value is -2.37. The smallest absolute Gasteiger partial charge is 0.316 e. The van der Waals surface area contributed by atoms with Gasteiger partial charge >= 0.3 is 6.03 Å². The molecule has 0 bridgehead atoms. The van der Waals surface area contributed by atoms with Crippen molar-refractivity contribution >= 4 is 11.8 Å². The third kappa shape index (κ3) is 2.12. The lowest BCUT2D eigenvalue weighted by atomic mass is 9.56. The van der Waals surface area contributed by atoms with Crippen molar-refractivity contribution in [2.75, 3.05) is 11.9 Å². The molecule has 1 spiro atoms. The molecule has 1 saturated carbocycles. The number of hydrogen-bond donors (Lipinski definition) is 1. The number of rotatable bonds is 2. The number of nitrogens with one attached hydrogen (secondary N) is 1. The van der Waals surface area contributed by atoms with Gasteiger partial charge < -0.3 is 4.90 Å². The van der Waals surface area contributed by atoms with E-state index in [-0.39, 0.29) is 17.5 Å². The van der Waals surface area contributed by atoms with Gasteiger partial charge in [0.25, 0.3) is 0 Å². The van der Waals surface area contributed by atoms with Crippen LogP contribution in [0, 0.1) is 12.3 Å². The first-order valence-corrected chi connectivity index (χ1v) is 8.10. The number of carbonyl (C=O) groups is 1. The van der Waals surface area contributed by atoms with Crippen LogP contribution in [0.25, 0.3) is 0 Å². The number of hydrogen-bond acceptors (Lipinski definition) is 3. The van der Waals surface area contributed by atoms with E-state index in [4.69, 9.17) is 0 Å². The third-order valence-electron chi connectivity index (χ3n) is 5.43. The second-order valence-electron chi connectivity index (χ2n) is 6.73. The lowest BCUT2D eigenvalue weighted by Crippen LogP contribution is -2.64. The number of aryl methyl sites for hydroxylation is 1. The number of aromatic nitrogens is 3. The monoisotopic (exact) mass is 311 g/mol. The first-order valence-electron chi connectivity index (χ1n) is 8.10. The van der Waals surface area contributed by atoms with Crippen LogP contribution in [-0.2, 0) is 7.05 Å². The standard InChI is InChI=1S/C17H21N5O/c1-12-15(19-20-21(12)2)18-16(23)22-11-17(9-6-10-17)14(22)13-7-4-3-5-8-13/h3-5,7-8,14H,6,9-11H2,1-2H3,(H,18,23). The first-order chi connectivity index (χ1) is 11.1. The molecule has 1 atom stereocenters. The van der Waals surface area contributed by atoms with Crippen LogP contribution < -0.4 is 5.32 Å². The Kier molecular flexibility index (Phi) is 3.14. The van der Waals surface area contributed by atoms with Crippen LogP contribution in [0.5, 0.6) is 0 Å². The van der Waals surface area contributed by atoms with Crippen molar-refractivity contribution < 1.29 is 4.79 Å². The number of amides is 2. The average Bonchev–Trinajstić information content (AvgIpc) is 2.78. The molecule has 1 aromatic carbocycles. The summed E-state index contributed by atoms with van der Waals surface area (Å²) in [6, 6.07) is 10.4. The molecule has 2 heterocycles. The number of carbonyl (C=O) groups excluding carboxylic acids is 1. The van der Waals surface area contributed by atoms with Gasteiger partial charge in [-0.2, -0.15) is 0 Å². The summed E-state index contributed by atoms with van der Waals surface area (Å²) in [7, 11) is 1.82. The number of nitrogens with zero attached hydrogens (tertiary/aromatic N) is 4. The molecule has 2 fully saturated rings. The van der Waals surface area contributed by atoms with Crippen LogP contribution in [0.4, 0.5) is 10.6 Å². The Morgan fingerprint density at radius 1 is 1.30 bits per heavy atom. The minimum absolute atomic E-state index is 0.0834. The van der Waals surface area contributed by atoms with Gasteiger partial charge in [0.1, 0.15) is 0 Å². The zero-order valence-corrected chi connectivity index (χ0v) is 13.5. The van der Waals surface area contributed by atoms with E-state index in [1.807, 2.05) is 37.1 Å². The molecule has 0 radical (unpaired) electrons. The second-order valence-corrected chi connectivity index (χ2v) is 6.73. The minimum Gasteiger partial charge on any atom is -0.316 e. The summed E-state index contributed by atoms with van der Waals surface area (Å²) in [5.74, 6) is 0.541. The van der Waals surface area contributed by atoms with Gasteiger partial charge in [0.15, 0.2) is 5.82 Å². The lowest BCUT2D eigenvalue weighted by molar-refractivity contribution is -0.0970. The molecule has 23 heavy (non-hydrogen) atoms. The van der Waals surface area contributed by atoms with E-state index in [2.05, 4.69) is 27.8 Å². The van der Waals surface area contributed by atoms with Gasteiger partial charge in [0.05, 0.1) is 11.7 Å². The van der Waals surface area contributed by atoms with Crippen molar-refractivity contribution in [2.24, 2.45) is 12.5 Å². The van der Waals surface area contributed by atoms with Crippen LogP contribution in [-0.4, -0.2) is 32.5 Å². The highest BCUT2D eigenvalue weighted by Crippen LogP contribution is 2.60. The van der Waals surface area contributed by atoms with E-state index in [1.165, 1.54) is 24.8 Å². The van der Waals surface area contributed by atoms with Gasteiger partial charge in [0, 0.05) is 19.0 Å². The molecule has 1 saturated heterocycles. The SMILES string of the molecule is Cc1c(NC(=O)N2CC3(CCC3)C2c2ccccc2)nnn1C. The van der Waals surface area contributed by atoms with Crippen molar-refractivity contribution in [3.63, 3.8) is 0 Å². The normalized spacial score (nSPS) is 21.7. The molecule has 2 amide bonds. The van der Waals surface area contributed by atoms with Crippen molar-refractivity contribution in [3.05, 3.63) is 41.6 Å². The minimum atomic E-state index is -0.0834. The fourth-order valence-electron chi connectivity index (χ4n) is 3.85. The van der Waals surface area contributed by atoms with Crippen LogP contribution in [0.1, 0.15) is 36.6 Å². The summed E-state index contributed by atoms with van der Waals surface area (Å²) in [6.07, 6.45) is 3.68. The molecule has 1 aliphatic heterocycles. The number of anilines is 1. The molecule has 6 nitrogen and oxygen atoms in total. The van der Waals surface area contributed by atoms with Crippen molar-refractivity contribution in [1.82, 2.24) is 19.9 Å². The van der Waals surface area contributed by atoms with E-state index in [9.17, 15) is 4.79 Å². The topological polar surface area (TPSA) is 63.1 Å². The second kappa shape index (κ2) is 5.08. The zero-order chi connectivity index (χ0) is 16.0. The molecular formula is C17H21N5O. The van der Waals surface area contributed by atoms with Gasteiger partial charge in [-0.05, 0) is 25.3 Å². The van der Waals surface area contributed by atoms with E-state index in [1.54, 1.807) is 4.68 Å². The van der Waals surface area contributed by atoms with Crippen molar-refractivity contribution in [1.29, 1.82) is 0 Å². The predicted molar refractivity (Wildman–Crippen MR) is 86.9 cm³/mol. The Balaban J connectivity index is 1.56. The first kappa shape index (κ1) is 14.2. The summed E-state index contributed by atoms with van der Waals surface area (Å²) in [5, 5.41) is 10.9. The van der Waals surface area contributed by atoms with Crippen molar-refractivity contribution in [3.8, 4) is 0 Å². The van der Waals surface area contributed by atoms with E-state index in [0.717, 1.165) is 12.2 Å². The molecule has 4 rings (SSSR count). The molecule has 120 valence electrons. The van der Waals surface area contributed by atoms with Crippen LogP contribution >= 0.6 is 0 Å². The third-order valence-corrected chi connectivity index (χ3v) is 5.43. The van der Waals surface area contributed by atoms with Gasteiger partial charge in [-0.1, -0.05) is 42.0 Å². The number of likely N-dealkylation sites (tertiary alicyclic amines) is 1. The maximum Gasteiger partial charge on any atom is 0.323 e. The van der Waals surface area contributed by atoms with Gasteiger partial charge in [-0.3, -0.25) is 10.00 Å². The summed E-state index contributed by atoms with van der Waals surface area (Å²) in [5.41, 5.74) is 2.37. The van der Waals surface area contributed by atoms with E-state index >= 15 is 0 Å². The van der Waals surface area contributed by atoms with Gasteiger partial charge in [-0.15, -0.1) is 5.10 Å². The largest absolute Gasteiger partial charge is 0.323 e. The average molecular weight is 311 g/mol. The Bertz CT molecular complexity index is 735. The Morgan fingerprint density at radius 2 is 2.04 bits per heavy atom. The van der Waals surface area contributed by atoms with Crippen LogP contribution in [0.15, 0.2) is 30.3 Å². The summed E-state index contributed by atoms with van der Waals surface area (Å²) in [6.45, 7) is 2.73. The Labute approximate surface area is 135 Å². The molecule has 2 aliphatic rings. The molecule has 2 aromatic rings. The highest BCUT2D eigenvalue weighted by atomic mass is 16.2. The predicted octanol–water partition coefficient (Wildman–Crippen LogP) is 2.88. The molecule has 1 unspecified atom stereocenters. The lowest BCUT2D eigenvalue weighted by Gasteiger charge is -2.62. The molecule has 6 heteroatoms. The van der Waals surface area contributed by atoms with E-state index < -0.39 is 0 Å². The highest BCUT2D eigenvalue weighted by molar-refractivity contribution is 5.90. The quantitative estimate of drug-likeness (QED) is 0.927. The fourth-order valence-corrected chi connectivity index (χ4v) is 3.85. The van der Waals surface area contributed by atoms with Crippen molar-refractivity contribution in [2.45, 2.75) is 32.2 Å². The highest BCUT2D eigenvalue weighted by Gasteiger charge is 2.58. The van der Waals surface area contributed by atoms with Crippen LogP contribution in [0.2, 0.25) is 0 Å². The maximum absolute atomic E-state index is 12.7. The summed E-state index contributed by atoms with van der Waals surface area (Å²) in [4.78, 5) is 14.6. The summed E-state index contributed by atoms with van der Waals surface area (Å²) >= 11 is 0. The Morgan fingerprint density at radius 3 is 2.61 bits per heavy atom. The van der Waals surface area contributed by atoms with Gasteiger partial charge in [-0.25, -0.2) is 4.79 Å². The zero-order valence-electron chi connectivity index (χ0n) is 13.5. The number of benzene rings is 1. The molecule has 1 aliphatic carbocycles. The molecular weight excluding hydrogens is 290 g/mol. The maximum atomic E-state index is 12.7. The fraction of sp³-hybridized carbons (Fsp3) is 0.471.